The molecule has 2 aliphatic heterocycles. The van der Waals surface area contributed by atoms with Gasteiger partial charge >= 0.3 is 12.6 Å². The number of likely N-dealkylation sites (tertiary alicyclic amines) is 1. The maximum absolute atomic E-state index is 13.3. The summed E-state index contributed by atoms with van der Waals surface area (Å²) in [7, 11) is 0. The van der Waals surface area contributed by atoms with Gasteiger partial charge in [0.05, 0.1) is 12.6 Å². The van der Waals surface area contributed by atoms with Crippen molar-refractivity contribution in [3.63, 3.8) is 0 Å². The summed E-state index contributed by atoms with van der Waals surface area (Å²) in [6.07, 6.45) is 3.67. The summed E-state index contributed by atoms with van der Waals surface area (Å²) >= 11 is 0. The van der Waals surface area contributed by atoms with Crippen molar-refractivity contribution in [1.29, 1.82) is 0 Å². The molecule has 2 saturated heterocycles. The van der Waals surface area contributed by atoms with Crippen molar-refractivity contribution in [2.24, 2.45) is 5.92 Å². The lowest BCUT2D eigenvalue weighted by Gasteiger charge is -2.37. The molecule has 0 aromatic heterocycles. The predicted octanol–water partition coefficient (Wildman–Crippen LogP) is 4.25. The van der Waals surface area contributed by atoms with Gasteiger partial charge in [-0.05, 0) is 55.4 Å². The molecule has 210 valence electrons. The lowest BCUT2D eigenvalue weighted by molar-refractivity contribution is -0.133. The van der Waals surface area contributed by atoms with Gasteiger partial charge in [-0.2, -0.15) is 8.78 Å². The molecule has 0 radical (unpaired) electrons. The maximum atomic E-state index is 13.3. The van der Waals surface area contributed by atoms with Crippen molar-refractivity contribution in [1.82, 2.24) is 20.4 Å². The molecule has 39 heavy (non-hydrogen) atoms. The second-order valence-corrected chi connectivity index (χ2v) is 10.3. The van der Waals surface area contributed by atoms with Gasteiger partial charge in [0.1, 0.15) is 11.3 Å². The van der Waals surface area contributed by atoms with E-state index in [-0.39, 0.29) is 48.5 Å². The van der Waals surface area contributed by atoms with Crippen molar-refractivity contribution in [2.75, 3.05) is 19.6 Å². The minimum absolute atomic E-state index is 0. The summed E-state index contributed by atoms with van der Waals surface area (Å²) < 4.78 is 29.1. The number of rotatable bonds is 10. The first-order chi connectivity index (χ1) is 18.3. The van der Waals surface area contributed by atoms with E-state index >= 15 is 0 Å². The molecule has 2 aromatic carbocycles. The van der Waals surface area contributed by atoms with E-state index in [1.54, 1.807) is 12.1 Å². The highest BCUT2D eigenvalue weighted by Gasteiger charge is 2.52. The monoisotopic (exact) mass is 562 g/mol. The average Bonchev–Trinajstić information content (AvgIpc) is 3.74. The molecule has 2 aromatic rings. The number of ether oxygens (including phenoxy) is 1. The van der Waals surface area contributed by atoms with Crippen LogP contribution in [0.5, 0.6) is 5.75 Å². The topological polar surface area (TPSA) is 91.0 Å². The predicted molar refractivity (Wildman–Crippen MR) is 142 cm³/mol. The van der Waals surface area contributed by atoms with Gasteiger partial charge < -0.3 is 20.3 Å². The number of nitrogens with zero attached hydrogens (tertiary/aromatic N) is 2. The van der Waals surface area contributed by atoms with E-state index in [1.807, 2.05) is 30.3 Å². The van der Waals surface area contributed by atoms with Crippen LogP contribution in [-0.4, -0.2) is 59.4 Å². The first-order valence-corrected chi connectivity index (χ1v) is 13.1. The summed E-state index contributed by atoms with van der Waals surface area (Å²) in [6.45, 7) is -0.789. The summed E-state index contributed by atoms with van der Waals surface area (Å²) in [6, 6.07) is 15.4. The van der Waals surface area contributed by atoms with E-state index in [0.29, 0.717) is 31.5 Å². The number of alkyl halides is 2. The summed E-state index contributed by atoms with van der Waals surface area (Å²) in [5, 5.41) is 6.12. The molecule has 0 unspecified atom stereocenters. The number of piperidine rings is 1. The Balaban J connectivity index is 0.00000353. The summed E-state index contributed by atoms with van der Waals surface area (Å²) in [4.78, 5) is 41.9. The van der Waals surface area contributed by atoms with E-state index in [9.17, 15) is 23.2 Å². The summed E-state index contributed by atoms with van der Waals surface area (Å²) in [5.41, 5.74) is 0.799. The van der Waals surface area contributed by atoms with Crippen molar-refractivity contribution in [3.8, 4) is 5.75 Å². The molecule has 2 heterocycles. The van der Waals surface area contributed by atoms with Crippen LogP contribution < -0.4 is 15.4 Å². The van der Waals surface area contributed by atoms with Crippen molar-refractivity contribution >= 4 is 30.3 Å². The molecule has 1 aliphatic carbocycles. The molecule has 5 rings (SSSR count). The zero-order valence-corrected chi connectivity index (χ0v) is 22.3. The molecule has 3 fully saturated rings. The molecule has 4 amide bonds. The molecule has 1 saturated carbocycles. The normalized spacial score (nSPS) is 19.5. The summed E-state index contributed by atoms with van der Waals surface area (Å²) in [5.74, 6) is 0.0206. The molecule has 1 atom stereocenters. The largest absolute Gasteiger partial charge is 0.435 e. The van der Waals surface area contributed by atoms with Gasteiger partial charge in [-0.3, -0.25) is 14.5 Å². The minimum Gasteiger partial charge on any atom is -0.435 e. The van der Waals surface area contributed by atoms with Gasteiger partial charge in [-0.1, -0.05) is 42.5 Å². The fourth-order valence-electron chi connectivity index (χ4n) is 5.23. The van der Waals surface area contributed by atoms with Crippen LogP contribution in [0, 0.1) is 5.92 Å². The number of amides is 4. The Morgan fingerprint density at radius 1 is 1.05 bits per heavy atom. The Hall–Kier alpha value is -3.24. The Labute approximate surface area is 232 Å². The van der Waals surface area contributed by atoms with Gasteiger partial charge in [-0.15, -0.1) is 12.4 Å². The highest BCUT2D eigenvalue weighted by atomic mass is 35.5. The second kappa shape index (κ2) is 12.3. The number of nitrogens with one attached hydrogen (secondary N) is 2. The van der Waals surface area contributed by atoms with Gasteiger partial charge in [-0.25, -0.2) is 4.79 Å². The zero-order chi connectivity index (χ0) is 26.7. The number of halogens is 3. The van der Waals surface area contributed by atoms with Crippen LogP contribution in [0.15, 0.2) is 54.6 Å². The third kappa shape index (κ3) is 6.86. The SMILES string of the molecule is Cl.O=C(N[C@@H](CCN1CCC2(CC1)NC(=O)N(Cc1ccc(OC(F)F)cc1)C2=O)c1ccccc1)C1CC1. The van der Waals surface area contributed by atoms with Crippen LogP contribution in [0.1, 0.15) is 49.3 Å². The van der Waals surface area contributed by atoms with Gasteiger partial charge in [0.25, 0.3) is 5.91 Å². The van der Waals surface area contributed by atoms with Gasteiger partial charge in [0.2, 0.25) is 5.91 Å². The van der Waals surface area contributed by atoms with E-state index in [4.69, 9.17) is 0 Å². The Bertz CT molecular complexity index is 1160. The number of urea groups is 1. The van der Waals surface area contributed by atoms with Crippen LogP contribution in [-0.2, 0) is 16.1 Å². The quantitative estimate of drug-likeness (QED) is 0.423. The van der Waals surface area contributed by atoms with Crippen LogP contribution in [0.2, 0.25) is 0 Å². The minimum atomic E-state index is -2.91. The molecule has 1 spiro atoms. The van der Waals surface area contributed by atoms with Crippen molar-refractivity contribution < 1.29 is 27.9 Å². The Kier molecular flexibility index (Phi) is 9.07. The van der Waals surface area contributed by atoms with Crippen LogP contribution in [0.3, 0.4) is 0 Å². The van der Waals surface area contributed by atoms with E-state index in [1.165, 1.54) is 17.0 Å². The molecule has 2 N–H and O–H groups in total. The smallest absolute Gasteiger partial charge is 0.387 e. The molecule has 8 nitrogen and oxygen atoms in total. The lowest BCUT2D eigenvalue weighted by atomic mass is 9.87. The Morgan fingerprint density at radius 2 is 1.72 bits per heavy atom. The van der Waals surface area contributed by atoms with Crippen LogP contribution in [0.25, 0.3) is 0 Å². The van der Waals surface area contributed by atoms with E-state index in [0.717, 1.165) is 31.4 Å². The number of hydrogen-bond acceptors (Lipinski definition) is 5. The molecule has 3 aliphatic rings. The number of carbonyl (C=O) groups excluding carboxylic acids is 3. The van der Waals surface area contributed by atoms with E-state index < -0.39 is 18.2 Å². The zero-order valence-electron chi connectivity index (χ0n) is 21.5. The highest BCUT2D eigenvalue weighted by Crippen LogP contribution is 2.32. The fraction of sp³-hybridized carbons (Fsp3) is 0.464. The first-order valence-electron chi connectivity index (χ1n) is 13.1. The van der Waals surface area contributed by atoms with E-state index in [2.05, 4.69) is 20.3 Å². The number of carbonyl (C=O) groups is 3. The number of hydrogen-bond donors (Lipinski definition) is 2. The second-order valence-electron chi connectivity index (χ2n) is 10.3. The number of imide groups is 1. The average molecular weight is 563 g/mol. The van der Waals surface area contributed by atoms with Gasteiger partial charge in [0.15, 0.2) is 0 Å². The third-order valence-electron chi connectivity index (χ3n) is 7.65. The molecule has 0 bridgehead atoms. The lowest BCUT2D eigenvalue weighted by Crippen LogP contribution is -2.55. The standard InChI is InChI=1S/C28H32F2N4O4.ClH/c29-26(30)38-22-10-6-19(7-11-22)18-34-25(36)28(32-27(34)37)13-16-33(17-14-28)15-12-23(20-4-2-1-3-5-20)31-24(35)21-8-9-21;/h1-7,10-11,21,23,26H,8-9,12-18H2,(H,31,35)(H,32,37);1H/t23-;/m0./s1. The van der Waals surface area contributed by atoms with Gasteiger partial charge in [0, 0.05) is 25.6 Å². The van der Waals surface area contributed by atoms with Crippen LogP contribution >= 0.6 is 12.4 Å². The number of benzene rings is 2. The first kappa shape index (κ1) is 28.8. The Morgan fingerprint density at radius 3 is 2.33 bits per heavy atom. The molecular formula is C28H33ClF2N4O4. The van der Waals surface area contributed by atoms with Crippen LogP contribution in [0.4, 0.5) is 13.6 Å². The molecule has 11 heteroatoms. The van der Waals surface area contributed by atoms with Crippen molar-refractivity contribution in [2.45, 2.75) is 56.8 Å². The fourth-order valence-corrected chi connectivity index (χ4v) is 5.23. The van der Waals surface area contributed by atoms with Crippen molar-refractivity contribution in [3.05, 3.63) is 65.7 Å². The third-order valence-corrected chi connectivity index (χ3v) is 7.65. The molecular weight excluding hydrogens is 530 g/mol. The maximum Gasteiger partial charge on any atom is 0.387 e. The highest BCUT2D eigenvalue weighted by molar-refractivity contribution is 6.07.